The number of piperidine rings is 1. The maximum Gasteiger partial charge on any atom is 0.244 e. The Morgan fingerprint density at radius 3 is 3.06 bits per heavy atom. The van der Waals surface area contributed by atoms with Crippen LogP contribution in [-0.2, 0) is 4.79 Å². The van der Waals surface area contributed by atoms with Gasteiger partial charge < -0.3 is 10.2 Å². The van der Waals surface area contributed by atoms with Gasteiger partial charge in [0.2, 0.25) is 5.91 Å². The highest BCUT2D eigenvalue weighted by atomic mass is 35.5. The van der Waals surface area contributed by atoms with Crippen molar-refractivity contribution in [3.05, 3.63) is 29.0 Å². The number of anilines is 1. The van der Waals surface area contributed by atoms with Crippen molar-refractivity contribution in [1.29, 1.82) is 0 Å². The number of likely N-dealkylation sites (N-methyl/N-ethyl adjacent to an activating group) is 1. The van der Waals surface area contributed by atoms with Gasteiger partial charge in [0.15, 0.2) is 0 Å². The molecule has 1 aromatic rings. The molecule has 0 saturated carbocycles. The van der Waals surface area contributed by atoms with Crippen molar-refractivity contribution in [2.75, 3.05) is 18.0 Å². The van der Waals surface area contributed by atoms with E-state index in [-0.39, 0.29) is 17.8 Å². The second-order valence-electron chi connectivity index (χ2n) is 4.34. The molecule has 0 spiro atoms. The van der Waals surface area contributed by atoms with Gasteiger partial charge in [0.25, 0.3) is 0 Å². The van der Waals surface area contributed by atoms with Gasteiger partial charge in [-0.05, 0) is 37.6 Å². The van der Waals surface area contributed by atoms with Gasteiger partial charge >= 0.3 is 0 Å². The predicted octanol–water partition coefficient (Wildman–Crippen LogP) is 2.58. The average Bonchev–Trinajstić information content (AvgIpc) is 2.35. The molecule has 1 amide bonds. The van der Waals surface area contributed by atoms with Crippen LogP contribution in [0.2, 0.25) is 5.02 Å². The molecule has 0 aromatic heterocycles. The van der Waals surface area contributed by atoms with Crippen LogP contribution in [0.4, 0.5) is 10.1 Å². The summed E-state index contributed by atoms with van der Waals surface area (Å²) in [6.07, 6.45) is 1.70. The van der Waals surface area contributed by atoms with E-state index in [2.05, 4.69) is 5.32 Å². The molecule has 98 valence electrons. The summed E-state index contributed by atoms with van der Waals surface area (Å²) < 4.78 is 13.3. The number of rotatable bonds is 3. The first-order valence-electron chi connectivity index (χ1n) is 6.13. The van der Waals surface area contributed by atoms with Crippen molar-refractivity contribution < 1.29 is 9.18 Å². The van der Waals surface area contributed by atoms with Gasteiger partial charge in [-0.2, -0.15) is 0 Å². The molecule has 1 fully saturated rings. The zero-order valence-electron chi connectivity index (χ0n) is 10.2. The van der Waals surface area contributed by atoms with Gasteiger partial charge in [0.05, 0.1) is 16.8 Å². The van der Waals surface area contributed by atoms with Crippen LogP contribution < -0.4 is 10.2 Å². The zero-order valence-corrected chi connectivity index (χ0v) is 11.0. The Morgan fingerprint density at radius 2 is 2.33 bits per heavy atom. The molecule has 1 aliphatic heterocycles. The van der Waals surface area contributed by atoms with Gasteiger partial charge in [-0.3, -0.25) is 4.79 Å². The van der Waals surface area contributed by atoms with Crippen molar-refractivity contribution in [3.63, 3.8) is 0 Å². The minimum atomic E-state index is -0.382. The van der Waals surface area contributed by atoms with Gasteiger partial charge in [-0.1, -0.05) is 18.5 Å². The highest BCUT2D eigenvalue weighted by Gasteiger charge is 2.30. The number of halogens is 2. The van der Waals surface area contributed by atoms with Crippen molar-refractivity contribution in [2.24, 2.45) is 0 Å². The Bertz CT molecular complexity index is 451. The summed E-state index contributed by atoms with van der Waals surface area (Å²) in [4.78, 5) is 13.8. The fourth-order valence-corrected chi connectivity index (χ4v) is 2.46. The van der Waals surface area contributed by atoms with E-state index in [0.717, 1.165) is 19.4 Å². The molecule has 1 aromatic carbocycles. The first kappa shape index (κ1) is 13.3. The molecule has 1 N–H and O–H groups in total. The first-order valence-corrected chi connectivity index (χ1v) is 6.51. The first-order chi connectivity index (χ1) is 8.63. The van der Waals surface area contributed by atoms with Gasteiger partial charge in [-0.25, -0.2) is 4.39 Å². The zero-order chi connectivity index (χ0) is 13.1. The van der Waals surface area contributed by atoms with Gasteiger partial charge in [-0.15, -0.1) is 0 Å². The Labute approximate surface area is 111 Å². The number of hydrogen-bond acceptors (Lipinski definition) is 2. The number of hydrogen-bond donors (Lipinski definition) is 1. The molecule has 2 rings (SSSR count). The summed E-state index contributed by atoms with van der Waals surface area (Å²) in [6.45, 7) is 3.28. The van der Waals surface area contributed by atoms with Crippen molar-refractivity contribution in [2.45, 2.75) is 25.8 Å². The van der Waals surface area contributed by atoms with E-state index in [4.69, 9.17) is 11.6 Å². The van der Waals surface area contributed by atoms with E-state index in [1.807, 2.05) is 6.92 Å². The summed E-state index contributed by atoms with van der Waals surface area (Å²) >= 11 is 6.04. The topological polar surface area (TPSA) is 32.3 Å². The molecule has 1 heterocycles. The molecule has 1 saturated heterocycles. The molecule has 1 atom stereocenters. The monoisotopic (exact) mass is 270 g/mol. The molecule has 0 radical (unpaired) electrons. The van der Waals surface area contributed by atoms with E-state index in [0.29, 0.717) is 17.3 Å². The maximum absolute atomic E-state index is 13.3. The molecular weight excluding hydrogens is 255 g/mol. The summed E-state index contributed by atoms with van der Waals surface area (Å²) in [7, 11) is 0. The van der Waals surface area contributed by atoms with E-state index in [1.54, 1.807) is 4.90 Å². The maximum atomic E-state index is 13.3. The van der Waals surface area contributed by atoms with Crippen LogP contribution in [0.15, 0.2) is 18.2 Å². The SMILES string of the molecule is CCNC1CCCN(c2cc(F)ccc2Cl)C1=O. The molecule has 0 aliphatic carbocycles. The molecular formula is C13H16ClFN2O. The summed E-state index contributed by atoms with van der Waals surface area (Å²) in [6, 6.07) is 3.90. The summed E-state index contributed by atoms with van der Waals surface area (Å²) in [5, 5.41) is 3.54. The van der Waals surface area contributed by atoms with Crippen LogP contribution in [0.3, 0.4) is 0 Å². The van der Waals surface area contributed by atoms with Crippen LogP contribution in [0.25, 0.3) is 0 Å². The molecule has 1 unspecified atom stereocenters. The lowest BCUT2D eigenvalue weighted by molar-refractivity contribution is -0.121. The lowest BCUT2D eigenvalue weighted by Crippen LogP contribution is -2.50. The van der Waals surface area contributed by atoms with E-state index >= 15 is 0 Å². The number of carbonyl (C=O) groups excluding carboxylic acids is 1. The van der Waals surface area contributed by atoms with Crippen LogP contribution >= 0.6 is 11.6 Å². The highest BCUT2D eigenvalue weighted by Crippen LogP contribution is 2.29. The minimum Gasteiger partial charge on any atom is -0.309 e. The van der Waals surface area contributed by atoms with Crippen molar-refractivity contribution in [3.8, 4) is 0 Å². The quantitative estimate of drug-likeness (QED) is 0.916. The van der Waals surface area contributed by atoms with Gasteiger partial charge in [0, 0.05) is 6.54 Å². The van der Waals surface area contributed by atoms with Crippen LogP contribution in [0.1, 0.15) is 19.8 Å². The van der Waals surface area contributed by atoms with Crippen LogP contribution in [-0.4, -0.2) is 25.0 Å². The standard InChI is InChI=1S/C13H16ClFN2O/c1-2-16-11-4-3-7-17(13(11)18)12-8-9(15)5-6-10(12)14/h5-6,8,11,16H,2-4,7H2,1H3. The number of nitrogens with zero attached hydrogens (tertiary/aromatic N) is 1. The van der Waals surface area contributed by atoms with E-state index in [9.17, 15) is 9.18 Å². The number of nitrogens with one attached hydrogen (secondary N) is 1. The Balaban J connectivity index is 2.26. The highest BCUT2D eigenvalue weighted by molar-refractivity contribution is 6.33. The lowest BCUT2D eigenvalue weighted by Gasteiger charge is -2.33. The molecule has 3 nitrogen and oxygen atoms in total. The smallest absolute Gasteiger partial charge is 0.244 e. The number of carbonyl (C=O) groups is 1. The average molecular weight is 271 g/mol. The minimum absolute atomic E-state index is 0.0319. The van der Waals surface area contributed by atoms with Crippen molar-refractivity contribution >= 4 is 23.2 Å². The second-order valence-corrected chi connectivity index (χ2v) is 4.75. The third-order valence-corrected chi connectivity index (χ3v) is 3.41. The third-order valence-electron chi connectivity index (χ3n) is 3.09. The summed E-state index contributed by atoms with van der Waals surface area (Å²) in [5.74, 6) is -0.414. The van der Waals surface area contributed by atoms with Gasteiger partial charge in [0.1, 0.15) is 5.82 Å². The fraction of sp³-hybridized carbons (Fsp3) is 0.462. The summed E-state index contributed by atoms with van der Waals surface area (Å²) in [5.41, 5.74) is 0.462. The van der Waals surface area contributed by atoms with Crippen molar-refractivity contribution in [1.82, 2.24) is 5.32 Å². The fourth-order valence-electron chi connectivity index (χ4n) is 2.24. The Kier molecular flexibility index (Phi) is 4.19. The normalized spacial score (nSPS) is 20.3. The molecule has 18 heavy (non-hydrogen) atoms. The predicted molar refractivity (Wildman–Crippen MR) is 70.5 cm³/mol. The van der Waals surface area contributed by atoms with Crippen LogP contribution in [0.5, 0.6) is 0 Å². The van der Waals surface area contributed by atoms with Crippen LogP contribution in [0, 0.1) is 5.82 Å². The Hall–Kier alpha value is -1.13. The van der Waals surface area contributed by atoms with E-state index < -0.39 is 0 Å². The molecule has 0 bridgehead atoms. The largest absolute Gasteiger partial charge is 0.309 e. The molecule has 5 heteroatoms. The number of amides is 1. The van der Waals surface area contributed by atoms with E-state index in [1.165, 1.54) is 18.2 Å². The lowest BCUT2D eigenvalue weighted by atomic mass is 10.0. The Morgan fingerprint density at radius 1 is 1.56 bits per heavy atom. The second kappa shape index (κ2) is 5.67. The molecule has 1 aliphatic rings. The third kappa shape index (κ3) is 2.65. The number of benzene rings is 1.